The molecule has 0 atom stereocenters. The molecule has 0 aliphatic heterocycles. The van der Waals surface area contributed by atoms with Gasteiger partial charge in [0.1, 0.15) is 5.75 Å². The molecule has 0 amide bonds. The van der Waals surface area contributed by atoms with Crippen molar-refractivity contribution < 1.29 is 5.11 Å². The minimum atomic E-state index is 0.228. The normalized spacial score (nSPS) is 10.6. The quantitative estimate of drug-likeness (QED) is 0.672. The van der Waals surface area contributed by atoms with Crippen molar-refractivity contribution in [2.45, 2.75) is 39.2 Å². The highest BCUT2D eigenvalue weighted by atomic mass is 35.5. The van der Waals surface area contributed by atoms with E-state index in [1.807, 2.05) is 0 Å². The van der Waals surface area contributed by atoms with Crippen LogP contribution in [0.1, 0.15) is 37.3 Å². The van der Waals surface area contributed by atoms with Crippen LogP contribution in [0.5, 0.6) is 5.75 Å². The van der Waals surface area contributed by atoms with Gasteiger partial charge in [-0.05, 0) is 42.7 Å². The summed E-state index contributed by atoms with van der Waals surface area (Å²) >= 11 is 6.09. The Bertz CT molecular complexity index is 546. The number of anilines is 1. The lowest BCUT2D eigenvalue weighted by Gasteiger charge is -2.10. The number of nitrogens with one attached hydrogen (secondary N) is 1. The zero-order valence-electron chi connectivity index (χ0n) is 12.4. The predicted octanol–water partition coefficient (Wildman–Crippen LogP) is 5.39. The lowest BCUT2D eigenvalue weighted by Crippen LogP contribution is -2.00. The average Bonchev–Trinajstić information content (AvgIpc) is 2.48. The molecule has 0 heterocycles. The average molecular weight is 304 g/mol. The maximum Gasteiger partial charge on any atom is 0.122 e. The van der Waals surface area contributed by atoms with Gasteiger partial charge in [-0.3, -0.25) is 0 Å². The molecule has 3 heteroatoms. The molecule has 2 aromatic carbocycles. The first-order chi connectivity index (χ1) is 10.2. The Hall–Kier alpha value is -1.67. The van der Waals surface area contributed by atoms with Crippen molar-refractivity contribution in [3.63, 3.8) is 0 Å². The molecule has 2 aromatic rings. The summed E-state index contributed by atoms with van der Waals surface area (Å²) in [6, 6.07) is 13.7. The molecule has 2 rings (SSSR count). The zero-order valence-corrected chi connectivity index (χ0v) is 13.2. The Morgan fingerprint density at radius 2 is 1.81 bits per heavy atom. The molecular formula is C18H22ClNO. The van der Waals surface area contributed by atoms with Crippen LogP contribution < -0.4 is 5.32 Å². The number of benzene rings is 2. The molecule has 2 N–H and O–H groups in total. The molecule has 0 saturated heterocycles. The van der Waals surface area contributed by atoms with E-state index in [0.29, 0.717) is 11.6 Å². The van der Waals surface area contributed by atoms with E-state index >= 15 is 0 Å². The molecule has 0 aromatic heterocycles. The number of aryl methyl sites for hydroxylation is 1. The predicted molar refractivity (Wildman–Crippen MR) is 90.1 cm³/mol. The largest absolute Gasteiger partial charge is 0.508 e. The van der Waals surface area contributed by atoms with Gasteiger partial charge in [-0.15, -0.1) is 0 Å². The third kappa shape index (κ3) is 4.68. The first-order valence-electron chi connectivity index (χ1n) is 7.50. The minimum absolute atomic E-state index is 0.228. The Morgan fingerprint density at radius 3 is 2.48 bits per heavy atom. The number of halogens is 1. The van der Waals surface area contributed by atoms with Gasteiger partial charge in [-0.25, -0.2) is 0 Å². The Kier molecular flexibility index (Phi) is 5.94. The number of hydrogen-bond donors (Lipinski definition) is 2. The van der Waals surface area contributed by atoms with Crippen LogP contribution in [0, 0.1) is 0 Å². The van der Waals surface area contributed by atoms with E-state index in [1.165, 1.54) is 24.8 Å². The van der Waals surface area contributed by atoms with E-state index in [-0.39, 0.29) is 5.75 Å². The van der Waals surface area contributed by atoms with Gasteiger partial charge < -0.3 is 10.4 Å². The summed E-state index contributed by atoms with van der Waals surface area (Å²) in [7, 11) is 0. The monoisotopic (exact) mass is 303 g/mol. The Morgan fingerprint density at radius 1 is 1.05 bits per heavy atom. The molecule has 21 heavy (non-hydrogen) atoms. The number of aromatic hydroxyl groups is 1. The van der Waals surface area contributed by atoms with Crippen LogP contribution in [0.4, 0.5) is 5.69 Å². The van der Waals surface area contributed by atoms with Crippen LogP contribution in [0.2, 0.25) is 5.02 Å². The lowest BCUT2D eigenvalue weighted by atomic mass is 10.1. The van der Waals surface area contributed by atoms with Gasteiger partial charge in [0.25, 0.3) is 0 Å². The van der Waals surface area contributed by atoms with E-state index in [0.717, 1.165) is 17.7 Å². The molecule has 0 unspecified atom stereocenters. The smallest absolute Gasteiger partial charge is 0.122 e. The van der Waals surface area contributed by atoms with Gasteiger partial charge in [0, 0.05) is 22.8 Å². The molecule has 0 aliphatic carbocycles. The third-order valence-electron chi connectivity index (χ3n) is 3.59. The second-order valence-corrected chi connectivity index (χ2v) is 5.65. The van der Waals surface area contributed by atoms with Gasteiger partial charge in [-0.1, -0.05) is 49.6 Å². The minimum Gasteiger partial charge on any atom is -0.508 e. The molecule has 0 radical (unpaired) electrons. The van der Waals surface area contributed by atoms with Crippen LogP contribution in [-0.2, 0) is 13.0 Å². The first-order valence-corrected chi connectivity index (χ1v) is 7.87. The lowest BCUT2D eigenvalue weighted by molar-refractivity contribution is 0.469. The first kappa shape index (κ1) is 15.7. The molecule has 112 valence electrons. The molecule has 0 aliphatic rings. The summed E-state index contributed by atoms with van der Waals surface area (Å²) in [5.41, 5.74) is 3.13. The highest BCUT2D eigenvalue weighted by Crippen LogP contribution is 2.26. The van der Waals surface area contributed by atoms with Crippen molar-refractivity contribution in [2.75, 3.05) is 5.32 Å². The van der Waals surface area contributed by atoms with Gasteiger partial charge in [0.15, 0.2) is 0 Å². The van der Waals surface area contributed by atoms with Crippen LogP contribution in [0.3, 0.4) is 0 Å². The highest BCUT2D eigenvalue weighted by Gasteiger charge is 2.05. The van der Waals surface area contributed by atoms with Crippen molar-refractivity contribution in [3.05, 3.63) is 58.6 Å². The van der Waals surface area contributed by atoms with E-state index in [4.69, 9.17) is 11.6 Å². The van der Waals surface area contributed by atoms with Gasteiger partial charge >= 0.3 is 0 Å². The summed E-state index contributed by atoms with van der Waals surface area (Å²) in [4.78, 5) is 0. The highest BCUT2D eigenvalue weighted by molar-refractivity contribution is 6.31. The SMILES string of the molecule is CCCCCc1ccc(NCc2c(O)cccc2Cl)cc1. The van der Waals surface area contributed by atoms with Crippen molar-refractivity contribution in [2.24, 2.45) is 0 Å². The summed E-state index contributed by atoms with van der Waals surface area (Å²) < 4.78 is 0. The van der Waals surface area contributed by atoms with Crippen LogP contribution in [0.25, 0.3) is 0 Å². The van der Waals surface area contributed by atoms with Gasteiger partial charge in [-0.2, -0.15) is 0 Å². The van der Waals surface area contributed by atoms with Crippen molar-refractivity contribution >= 4 is 17.3 Å². The fourth-order valence-corrected chi connectivity index (χ4v) is 2.52. The van der Waals surface area contributed by atoms with E-state index in [1.54, 1.807) is 18.2 Å². The van der Waals surface area contributed by atoms with E-state index < -0.39 is 0 Å². The number of rotatable bonds is 7. The molecule has 0 saturated carbocycles. The number of hydrogen-bond acceptors (Lipinski definition) is 2. The number of phenols is 1. The Balaban J connectivity index is 1.92. The molecule has 0 fully saturated rings. The summed E-state index contributed by atoms with van der Waals surface area (Å²) in [6.07, 6.45) is 4.92. The third-order valence-corrected chi connectivity index (χ3v) is 3.94. The summed E-state index contributed by atoms with van der Waals surface area (Å²) in [5.74, 6) is 0.228. The van der Waals surface area contributed by atoms with E-state index in [2.05, 4.69) is 36.5 Å². The maximum atomic E-state index is 9.81. The fourth-order valence-electron chi connectivity index (χ4n) is 2.28. The van der Waals surface area contributed by atoms with Crippen molar-refractivity contribution in [1.29, 1.82) is 0 Å². The van der Waals surface area contributed by atoms with Gasteiger partial charge in [0.2, 0.25) is 0 Å². The summed E-state index contributed by atoms with van der Waals surface area (Å²) in [6.45, 7) is 2.73. The number of unbranched alkanes of at least 4 members (excludes halogenated alkanes) is 2. The Labute approximate surface area is 131 Å². The molecule has 0 bridgehead atoms. The van der Waals surface area contributed by atoms with Crippen LogP contribution in [0.15, 0.2) is 42.5 Å². The zero-order chi connectivity index (χ0) is 15.1. The maximum absolute atomic E-state index is 9.81. The fraction of sp³-hybridized carbons (Fsp3) is 0.333. The van der Waals surface area contributed by atoms with Crippen LogP contribution >= 0.6 is 11.6 Å². The second-order valence-electron chi connectivity index (χ2n) is 5.25. The van der Waals surface area contributed by atoms with Crippen LogP contribution in [-0.4, -0.2) is 5.11 Å². The molecule has 2 nitrogen and oxygen atoms in total. The topological polar surface area (TPSA) is 32.3 Å². The summed E-state index contributed by atoms with van der Waals surface area (Å²) in [5, 5.41) is 13.7. The second kappa shape index (κ2) is 7.94. The van der Waals surface area contributed by atoms with Crippen molar-refractivity contribution in [1.82, 2.24) is 0 Å². The molecular weight excluding hydrogens is 282 g/mol. The molecule has 0 spiro atoms. The number of phenolic OH excluding ortho intramolecular Hbond substituents is 1. The van der Waals surface area contributed by atoms with E-state index in [9.17, 15) is 5.11 Å². The standard InChI is InChI=1S/C18H22ClNO/c1-2-3-4-6-14-9-11-15(12-10-14)20-13-16-17(19)7-5-8-18(16)21/h5,7-12,20-21H,2-4,6,13H2,1H3. The van der Waals surface area contributed by atoms with Gasteiger partial charge in [0.05, 0.1) is 0 Å². The van der Waals surface area contributed by atoms with Crippen molar-refractivity contribution in [3.8, 4) is 5.75 Å².